The molecule has 0 radical (unpaired) electrons. The predicted octanol–water partition coefficient (Wildman–Crippen LogP) is 3.79. The molecule has 1 heterocycles. The first-order valence-corrected chi connectivity index (χ1v) is 12.5. The summed E-state index contributed by atoms with van der Waals surface area (Å²) in [5, 5.41) is 2.99. The number of methoxy groups -OCH3 is 1. The Kier molecular flexibility index (Phi) is 9.22. The third kappa shape index (κ3) is 6.11. The Morgan fingerprint density at radius 2 is 1.67 bits per heavy atom. The van der Waals surface area contributed by atoms with E-state index in [-0.39, 0.29) is 49.2 Å². The maximum atomic E-state index is 13.4. The second kappa shape index (κ2) is 12.3. The van der Waals surface area contributed by atoms with E-state index in [1.807, 2.05) is 45.0 Å². The highest BCUT2D eigenvalue weighted by Crippen LogP contribution is 2.23. The van der Waals surface area contributed by atoms with Crippen molar-refractivity contribution >= 4 is 23.6 Å². The van der Waals surface area contributed by atoms with E-state index in [1.54, 1.807) is 36.3 Å². The van der Waals surface area contributed by atoms with Gasteiger partial charge in [-0.25, -0.2) is 0 Å². The van der Waals surface area contributed by atoms with Crippen molar-refractivity contribution in [2.45, 2.75) is 65.1 Å². The van der Waals surface area contributed by atoms with Crippen molar-refractivity contribution < 1.29 is 23.9 Å². The normalized spacial score (nSPS) is 14.3. The number of benzene rings is 2. The van der Waals surface area contributed by atoms with Gasteiger partial charge in [0.2, 0.25) is 11.8 Å². The molecular formula is C28H35N3O5. The molecule has 0 aliphatic carbocycles. The van der Waals surface area contributed by atoms with Crippen LogP contribution < -0.4 is 10.1 Å². The first kappa shape index (κ1) is 26.9. The fourth-order valence-electron chi connectivity index (χ4n) is 4.30. The van der Waals surface area contributed by atoms with Gasteiger partial charge in [-0.05, 0) is 56.0 Å². The van der Waals surface area contributed by atoms with Crippen molar-refractivity contribution in [3.05, 3.63) is 65.2 Å². The number of ether oxygens (including phenoxy) is 1. The van der Waals surface area contributed by atoms with Crippen molar-refractivity contribution in [1.29, 1.82) is 0 Å². The van der Waals surface area contributed by atoms with Crippen LogP contribution in [0.4, 0.5) is 0 Å². The second-order valence-electron chi connectivity index (χ2n) is 9.03. The number of nitrogens with one attached hydrogen (secondary N) is 1. The minimum atomic E-state index is -0.642. The molecule has 2 aromatic carbocycles. The van der Waals surface area contributed by atoms with Gasteiger partial charge in [-0.2, -0.15) is 0 Å². The Bertz CT molecular complexity index is 1080. The molecule has 36 heavy (non-hydrogen) atoms. The van der Waals surface area contributed by atoms with Crippen LogP contribution in [-0.4, -0.2) is 59.2 Å². The highest BCUT2D eigenvalue weighted by molar-refractivity contribution is 6.21. The Hall–Kier alpha value is -3.68. The van der Waals surface area contributed by atoms with E-state index >= 15 is 0 Å². The van der Waals surface area contributed by atoms with Crippen LogP contribution in [0.5, 0.6) is 5.75 Å². The lowest BCUT2D eigenvalue weighted by atomic mass is 10.1. The molecule has 0 fully saturated rings. The highest BCUT2D eigenvalue weighted by Gasteiger charge is 2.35. The highest BCUT2D eigenvalue weighted by atomic mass is 16.5. The first-order valence-electron chi connectivity index (χ1n) is 12.5. The number of carbonyl (C=O) groups is 4. The molecule has 0 saturated carbocycles. The summed E-state index contributed by atoms with van der Waals surface area (Å²) in [6.45, 7) is 6.19. The zero-order chi connectivity index (χ0) is 26.2. The van der Waals surface area contributed by atoms with Crippen LogP contribution in [-0.2, 0) is 16.1 Å². The van der Waals surface area contributed by atoms with E-state index < -0.39 is 6.04 Å². The molecule has 1 aliphatic heterocycles. The molecule has 192 valence electrons. The molecule has 0 spiro atoms. The molecule has 8 nitrogen and oxygen atoms in total. The number of hydrogen-bond acceptors (Lipinski definition) is 5. The number of carbonyl (C=O) groups excluding carboxylic acids is 4. The van der Waals surface area contributed by atoms with Crippen LogP contribution in [0.25, 0.3) is 0 Å². The van der Waals surface area contributed by atoms with Gasteiger partial charge in [-0.3, -0.25) is 24.1 Å². The Morgan fingerprint density at radius 1 is 1.00 bits per heavy atom. The summed E-state index contributed by atoms with van der Waals surface area (Å²) in [4.78, 5) is 54.6. The molecule has 8 heteroatoms. The molecule has 2 atom stereocenters. The monoisotopic (exact) mass is 493 g/mol. The average molecular weight is 494 g/mol. The number of amides is 4. The molecule has 0 unspecified atom stereocenters. The van der Waals surface area contributed by atoms with E-state index in [0.29, 0.717) is 29.7 Å². The third-order valence-corrected chi connectivity index (χ3v) is 6.52. The minimum Gasteiger partial charge on any atom is -0.497 e. The lowest BCUT2D eigenvalue weighted by Gasteiger charge is -2.31. The van der Waals surface area contributed by atoms with E-state index in [2.05, 4.69) is 5.32 Å². The van der Waals surface area contributed by atoms with Gasteiger partial charge in [0.05, 0.1) is 18.2 Å². The molecular weight excluding hydrogens is 458 g/mol. The van der Waals surface area contributed by atoms with Crippen molar-refractivity contribution in [2.75, 3.05) is 13.7 Å². The topological polar surface area (TPSA) is 96.0 Å². The van der Waals surface area contributed by atoms with Gasteiger partial charge in [-0.15, -0.1) is 0 Å². The zero-order valence-corrected chi connectivity index (χ0v) is 21.5. The van der Waals surface area contributed by atoms with Crippen molar-refractivity contribution in [3.63, 3.8) is 0 Å². The van der Waals surface area contributed by atoms with E-state index in [9.17, 15) is 19.2 Å². The molecule has 0 saturated heterocycles. The fourth-order valence-corrected chi connectivity index (χ4v) is 4.30. The zero-order valence-electron chi connectivity index (χ0n) is 21.5. The van der Waals surface area contributed by atoms with E-state index in [0.717, 1.165) is 12.0 Å². The number of fused-ring (bicyclic) bond motifs is 1. The van der Waals surface area contributed by atoms with Gasteiger partial charge >= 0.3 is 0 Å². The lowest BCUT2D eigenvalue weighted by molar-refractivity contribution is -0.141. The molecule has 1 aliphatic rings. The maximum Gasteiger partial charge on any atom is 0.261 e. The van der Waals surface area contributed by atoms with Gasteiger partial charge < -0.3 is 15.0 Å². The summed E-state index contributed by atoms with van der Waals surface area (Å²) < 4.78 is 5.31. The second-order valence-corrected chi connectivity index (χ2v) is 9.03. The predicted molar refractivity (Wildman–Crippen MR) is 137 cm³/mol. The van der Waals surface area contributed by atoms with Crippen LogP contribution in [0, 0.1) is 0 Å². The third-order valence-electron chi connectivity index (χ3n) is 6.52. The van der Waals surface area contributed by atoms with Crippen LogP contribution in [0.2, 0.25) is 0 Å². The standard InChI is InChI=1S/C28H35N3O5/c1-5-19(3)29-26(33)24(6-2)31(18-20-11-9-12-21(17-20)36-4)25(32)15-10-16-30-27(34)22-13-7-8-14-23(22)28(30)35/h7-9,11-14,17,19,24H,5-6,10,15-16,18H2,1-4H3,(H,29,33)/t19-,24+/m1/s1. The number of nitrogens with zero attached hydrogens (tertiary/aromatic N) is 2. The van der Waals surface area contributed by atoms with Crippen molar-refractivity contribution in [2.24, 2.45) is 0 Å². The SMILES string of the molecule is CC[C@@H](C)NC(=O)[C@H](CC)N(Cc1cccc(OC)c1)C(=O)CCCN1C(=O)c2ccccc2C1=O. The van der Waals surface area contributed by atoms with Gasteiger partial charge in [0.25, 0.3) is 11.8 Å². The van der Waals surface area contributed by atoms with Gasteiger partial charge in [0, 0.05) is 25.6 Å². The molecule has 3 rings (SSSR count). The summed E-state index contributed by atoms with van der Waals surface area (Å²) in [6, 6.07) is 13.5. The van der Waals surface area contributed by atoms with E-state index in [1.165, 1.54) is 4.90 Å². The number of rotatable bonds is 12. The minimum absolute atomic E-state index is 0.00542. The number of imide groups is 1. The van der Waals surface area contributed by atoms with Crippen LogP contribution in [0.15, 0.2) is 48.5 Å². The fraction of sp³-hybridized carbons (Fsp3) is 0.429. The molecule has 4 amide bonds. The van der Waals surface area contributed by atoms with Gasteiger partial charge in [-0.1, -0.05) is 38.1 Å². The maximum absolute atomic E-state index is 13.4. The molecule has 1 N–H and O–H groups in total. The lowest BCUT2D eigenvalue weighted by Crippen LogP contribution is -2.50. The molecule has 0 aromatic heterocycles. The largest absolute Gasteiger partial charge is 0.497 e. The Morgan fingerprint density at radius 3 is 2.25 bits per heavy atom. The van der Waals surface area contributed by atoms with Crippen molar-refractivity contribution in [1.82, 2.24) is 15.1 Å². The van der Waals surface area contributed by atoms with Crippen LogP contribution in [0.1, 0.15) is 72.7 Å². The van der Waals surface area contributed by atoms with E-state index in [4.69, 9.17) is 4.74 Å². The summed E-state index contributed by atoms with van der Waals surface area (Å²) in [5.41, 5.74) is 1.63. The van der Waals surface area contributed by atoms with Gasteiger partial charge in [0.1, 0.15) is 11.8 Å². The summed E-state index contributed by atoms with van der Waals surface area (Å²) in [6.07, 6.45) is 1.65. The molecule has 2 aromatic rings. The summed E-state index contributed by atoms with van der Waals surface area (Å²) in [5.74, 6) is -0.405. The molecule has 0 bridgehead atoms. The van der Waals surface area contributed by atoms with Crippen LogP contribution >= 0.6 is 0 Å². The Balaban J connectivity index is 1.73. The van der Waals surface area contributed by atoms with Gasteiger partial charge in [0.15, 0.2) is 0 Å². The Labute approximate surface area is 212 Å². The number of hydrogen-bond donors (Lipinski definition) is 1. The smallest absolute Gasteiger partial charge is 0.261 e. The first-order chi connectivity index (χ1) is 17.3. The average Bonchev–Trinajstić information content (AvgIpc) is 3.13. The van der Waals surface area contributed by atoms with Crippen LogP contribution in [0.3, 0.4) is 0 Å². The van der Waals surface area contributed by atoms with Crippen molar-refractivity contribution in [3.8, 4) is 5.75 Å². The summed E-state index contributed by atoms with van der Waals surface area (Å²) in [7, 11) is 1.58. The summed E-state index contributed by atoms with van der Waals surface area (Å²) >= 11 is 0. The quantitative estimate of drug-likeness (QED) is 0.454.